The van der Waals surface area contributed by atoms with Gasteiger partial charge < -0.3 is 14.8 Å². The first kappa shape index (κ1) is 15.8. The number of esters is 1. The third kappa shape index (κ3) is 5.94. The molecule has 1 N–H and O–H groups in total. The maximum atomic E-state index is 11.6. The quantitative estimate of drug-likeness (QED) is 0.801. The van der Waals surface area contributed by atoms with Gasteiger partial charge in [-0.3, -0.25) is 4.79 Å². The van der Waals surface area contributed by atoms with Gasteiger partial charge in [0.05, 0.1) is 12.5 Å². The summed E-state index contributed by atoms with van der Waals surface area (Å²) in [5.41, 5.74) is -0.480. The van der Waals surface area contributed by atoms with Crippen molar-refractivity contribution in [1.82, 2.24) is 5.32 Å². The van der Waals surface area contributed by atoms with Gasteiger partial charge in [-0.25, -0.2) is 4.79 Å². The smallest absolute Gasteiger partial charge is 0.407 e. The van der Waals surface area contributed by atoms with Crippen LogP contribution in [0, 0.1) is 5.92 Å². The van der Waals surface area contributed by atoms with Gasteiger partial charge in [-0.15, -0.1) is 0 Å². The standard InChI is InChI=1S/C14H25NO4/c1-5-18-12(16)10-6-8-11(9-7-10)15-13(17)19-14(2,3)4/h10-11H,5-9H2,1-4H3,(H,15,17)/t10-,11+. The van der Waals surface area contributed by atoms with E-state index in [1.165, 1.54) is 0 Å². The predicted octanol–water partition coefficient (Wildman–Crippen LogP) is 2.63. The van der Waals surface area contributed by atoms with Crippen LogP contribution in [-0.4, -0.2) is 30.3 Å². The highest BCUT2D eigenvalue weighted by Crippen LogP contribution is 2.25. The molecule has 0 bridgehead atoms. The zero-order chi connectivity index (χ0) is 14.5. The van der Waals surface area contributed by atoms with Crippen molar-refractivity contribution in [3.8, 4) is 0 Å². The van der Waals surface area contributed by atoms with E-state index in [1.54, 1.807) is 0 Å². The van der Waals surface area contributed by atoms with Crippen molar-refractivity contribution < 1.29 is 19.1 Å². The van der Waals surface area contributed by atoms with Crippen molar-refractivity contribution in [3.05, 3.63) is 0 Å². The van der Waals surface area contributed by atoms with E-state index in [9.17, 15) is 9.59 Å². The molecule has 1 amide bonds. The van der Waals surface area contributed by atoms with Crippen molar-refractivity contribution in [2.75, 3.05) is 6.61 Å². The van der Waals surface area contributed by atoms with E-state index in [2.05, 4.69) is 5.32 Å². The Labute approximate surface area is 115 Å². The average Bonchev–Trinajstić information content (AvgIpc) is 2.27. The van der Waals surface area contributed by atoms with E-state index < -0.39 is 5.60 Å². The summed E-state index contributed by atoms with van der Waals surface area (Å²) >= 11 is 0. The van der Waals surface area contributed by atoms with Gasteiger partial charge in [0.15, 0.2) is 0 Å². The molecule has 5 heteroatoms. The molecule has 0 unspecified atom stereocenters. The number of nitrogens with one attached hydrogen (secondary N) is 1. The van der Waals surface area contributed by atoms with Crippen molar-refractivity contribution in [1.29, 1.82) is 0 Å². The summed E-state index contributed by atoms with van der Waals surface area (Å²) in [7, 11) is 0. The first-order valence-electron chi connectivity index (χ1n) is 6.98. The molecule has 0 spiro atoms. The van der Waals surface area contributed by atoms with Crippen LogP contribution < -0.4 is 5.32 Å². The Morgan fingerprint density at radius 2 is 1.74 bits per heavy atom. The molecule has 0 radical (unpaired) electrons. The van der Waals surface area contributed by atoms with Crippen LogP contribution in [0.5, 0.6) is 0 Å². The zero-order valence-corrected chi connectivity index (χ0v) is 12.3. The van der Waals surface area contributed by atoms with Crippen molar-refractivity contribution in [2.45, 2.75) is 65.0 Å². The van der Waals surface area contributed by atoms with Gasteiger partial charge in [0.1, 0.15) is 5.60 Å². The normalized spacial score (nSPS) is 23.6. The van der Waals surface area contributed by atoms with Crippen LogP contribution in [-0.2, 0) is 14.3 Å². The number of hydrogen-bond donors (Lipinski definition) is 1. The number of carbonyl (C=O) groups is 2. The Bertz CT molecular complexity index is 314. The van der Waals surface area contributed by atoms with Crippen LogP contribution in [0.3, 0.4) is 0 Å². The fourth-order valence-electron chi connectivity index (χ4n) is 2.21. The summed E-state index contributed by atoms with van der Waals surface area (Å²) in [4.78, 5) is 23.2. The summed E-state index contributed by atoms with van der Waals surface area (Å²) in [6, 6.07) is 0.0977. The minimum atomic E-state index is -0.480. The molecule has 0 atom stereocenters. The zero-order valence-electron chi connectivity index (χ0n) is 12.3. The fraction of sp³-hybridized carbons (Fsp3) is 0.857. The molecule has 5 nitrogen and oxygen atoms in total. The molecule has 0 saturated heterocycles. The fourth-order valence-corrected chi connectivity index (χ4v) is 2.21. The van der Waals surface area contributed by atoms with Crippen LogP contribution in [0.2, 0.25) is 0 Å². The lowest BCUT2D eigenvalue weighted by atomic mass is 9.86. The summed E-state index contributed by atoms with van der Waals surface area (Å²) in [6.07, 6.45) is 2.73. The molecule has 1 aliphatic rings. The van der Waals surface area contributed by atoms with Gasteiger partial charge in [-0.05, 0) is 53.4 Å². The molecule has 19 heavy (non-hydrogen) atoms. The Kier molecular flexibility index (Phi) is 5.63. The van der Waals surface area contributed by atoms with E-state index in [4.69, 9.17) is 9.47 Å². The van der Waals surface area contributed by atoms with Gasteiger partial charge in [0.2, 0.25) is 0 Å². The third-order valence-electron chi connectivity index (χ3n) is 3.07. The lowest BCUT2D eigenvalue weighted by molar-refractivity contribution is -0.149. The SMILES string of the molecule is CCOC(=O)[C@H]1CC[C@@H](NC(=O)OC(C)(C)C)CC1. The van der Waals surface area contributed by atoms with Crippen molar-refractivity contribution in [2.24, 2.45) is 5.92 Å². The Hall–Kier alpha value is -1.26. The predicted molar refractivity (Wildman–Crippen MR) is 71.7 cm³/mol. The van der Waals surface area contributed by atoms with Gasteiger partial charge in [0.25, 0.3) is 0 Å². The second kappa shape index (κ2) is 6.78. The number of rotatable bonds is 3. The molecule has 1 fully saturated rings. The second-order valence-corrected chi connectivity index (χ2v) is 5.95. The number of hydrogen-bond acceptors (Lipinski definition) is 4. The second-order valence-electron chi connectivity index (χ2n) is 5.95. The van der Waals surface area contributed by atoms with Crippen LogP contribution in [0.25, 0.3) is 0 Å². The summed E-state index contributed by atoms with van der Waals surface area (Å²) in [5, 5.41) is 2.85. The molecule has 0 heterocycles. The van der Waals surface area contributed by atoms with Crippen LogP contribution >= 0.6 is 0 Å². The number of amides is 1. The maximum Gasteiger partial charge on any atom is 0.407 e. The van der Waals surface area contributed by atoms with Gasteiger partial charge in [-0.2, -0.15) is 0 Å². The Morgan fingerprint density at radius 3 is 2.21 bits per heavy atom. The van der Waals surface area contributed by atoms with Crippen molar-refractivity contribution >= 4 is 12.1 Å². The van der Waals surface area contributed by atoms with Crippen LogP contribution in [0.1, 0.15) is 53.4 Å². The lowest BCUT2D eigenvalue weighted by Crippen LogP contribution is -2.41. The van der Waals surface area contributed by atoms with E-state index in [1.807, 2.05) is 27.7 Å². The van der Waals surface area contributed by atoms with E-state index >= 15 is 0 Å². The molecule has 1 saturated carbocycles. The van der Waals surface area contributed by atoms with Gasteiger partial charge in [-0.1, -0.05) is 0 Å². The molecule has 0 aliphatic heterocycles. The Balaban J connectivity index is 2.30. The first-order valence-corrected chi connectivity index (χ1v) is 6.98. The minimum Gasteiger partial charge on any atom is -0.466 e. The van der Waals surface area contributed by atoms with Crippen molar-refractivity contribution in [3.63, 3.8) is 0 Å². The Morgan fingerprint density at radius 1 is 1.16 bits per heavy atom. The molecular weight excluding hydrogens is 246 g/mol. The average molecular weight is 271 g/mol. The third-order valence-corrected chi connectivity index (χ3v) is 3.07. The van der Waals surface area contributed by atoms with Gasteiger partial charge >= 0.3 is 12.1 Å². The largest absolute Gasteiger partial charge is 0.466 e. The van der Waals surface area contributed by atoms with E-state index in [0.717, 1.165) is 25.7 Å². The summed E-state index contributed by atoms with van der Waals surface area (Å²) in [6.45, 7) is 7.75. The highest BCUT2D eigenvalue weighted by atomic mass is 16.6. The van der Waals surface area contributed by atoms with Crippen LogP contribution in [0.4, 0.5) is 4.79 Å². The highest BCUT2D eigenvalue weighted by molar-refractivity contribution is 5.72. The molecule has 1 rings (SSSR count). The molecule has 0 aromatic rings. The summed E-state index contributed by atoms with van der Waals surface area (Å²) in [5.74, 6) is -0.130. The monoisotopic (exact) mass is 271 g/mol. The number of ether oxygens (including phenoxy) is 2. The molecule has 110 valence electrons. The molecular formula is C14H25NO4. The van der Waals surface area contributed by atoms with E-state index in [0.29, 0.717) is 6.61 Å². The molecule has 1 aliphatic carbocycles. The minimum absolute atomic E-state index is 0.0170. The highest BCUT2D eigenvalue weighted by Gasteiger charge is 2.28. The van der Waals surface area contributed by atoms with E-state index in [-0.39, 0.29) is 24.0 Å². The number of carbonyl (C=O) groups excluding carboxylic acids is 2. The topological polar surface area (TPSA) is 64.6 Å². The lowest BCUT2D eigenvalue weighted by Gasteiger charge is -2.29. The van der Waals surface area contributed by atoms with Crippen LogP contribution in [0.15, 0.2) is 0 Å². The summed E-state index contributed by atoms with van der Waals surface area (Å²) < 4.78 is 10.2. The molecule has 0 aromatic carbocycles. The maximum absolute atomic E-state index is 11.6. The van der Waals surface area contributed by atoms with Gasteiger partial charge in [0, 0.05) is 6.04 Å². The first-order chi connectivity index (χ1) is 8.81. The molecule has 0 aromatic heterocycles. The number of alkyl carbamates (subject to hydrolysis) is 1.